The number of para-hydroxylation sites is 2. The molecule has 0 atom stereocenters. The summed E-state index contributed by atoms with van der Waals surface area (Å²) < 4.78 is 7.12. The maximum absolute atomic E-state index is 13.2. The zero-order valence-electron chi connectivity index (χ0n) is 15.5. The van der Waals surface area contributed by atoms with Crippen molar-refractivity contribution < 1.29 is 9.53 Å². The van der Waals surface area contributed by atoms with Crippen LogP contribution in [-0.4, -0.2) is 32.9 Å². The van der Waals surface area contributed by atoms with Crippen molar-refractivity contribution in [2.45, 2.75) is 19.6 Å². The van der Waals surface area contributed by atoms with Gasteiger partial charge in [-0.15, -0.1) is 16.4 Å². The summed E-state index contributed by atoms with van der Waals surface area (Å²) in [6, 6.07) is 19.5. The van der Waals surface area contributed by atoms with Gasteiger partial charge in [-0.25, -0.2) is 4.68 Å². The van der Waals surface area contributed by atoms with E-state index in [1.165, 1.54) is 0 Å². The van der Waals surface area contributed by atoms with E-state index in [-0.39, 0.29) is 12.5 Å². The first-order valence-corrected chi connectivity index (χ1v) is 9.83. The molecule has 0 aliphatic heterocycles. The molecule has 6 nitrogen and oxygen atoms in total. The van der Waals surface area contributed by atoms with Crippen molar-refractivity contribution in [2.24, 2.45) is 0 Å². The number of carbonyl (C=O) groups excluding carboxylic acids is 1. The van der Waals surface area contributed by atoms with Crippen LogP contribution in [-0.2, 0) is 24.4 Å². The fourth-order valence-electron chi connectivity index (χ4n) is 3.12. The molecule has 0 bridgehead atoms. The predicted molar refractivity (Wildman–Crippen MR) is 109 cm³/mol. The van der Waals surface area contributed by atoms with Gasteiger partial charge >= 0.3 is 0 Å². The van der Waals surface area contributed by atoms with Gasteiger partial charge < -0.3 is 9.64 Å². The van der Waals surface area contributed by atoms with Gasteiger partial charge in [-0.1, -0.05) is 41.6 Å². The summed E-state index contributed by atoms with van der Waals surface area (Å²) in [4.78, 5) is 16.2. The quantitative estimate of drug-likeness (QED) is 0.481. The lowest BCUT2D eigenvalue weighted by molar-refractivity contribution is -0.133. The van der Waals surface area contributed by atoms with E-state index >= 15 is 0 Å². The van der Waals surface area contributed by atoms with Crippen LogP contribution in [0.25, 0.3) is 11.0 Å². The number of hydrogen-bond donors (Lipinski definition) is 0. The number of amides is 1. The minimum Gasteiger partial charge on any atom is -0.496 e. The number of aromatic nitrogens is 3. The molecule has 0 aliphatic rings. The van der Waals surface area contributed by atoms with E-state index in [2.05, 4.69) is 10.3 Å². The summed E-state index contributed by atoms with van der Waals surface area (Å²) in [6.45, 7) is 1.15. The summed E-state index contributed by atoms with van der Waals surface area (Å²) in [5.41, 5.74) is 2.60. The molecule has 4 aromatic rings. The van der Waals surface area contributed by atoms with Crippen molar-refractivity contribution in [3.63, 3.8) is 0 Å². The van der Waals surface area contributed by atoms with Crippen LogP contribution in [0.2, 0.25) is 0 Å². The van der Waals surface area contributed by atoms with Gasteiger partial charge in [-0.2, -0.15) is 0 Å². The molecule has 28 heavy (non-hydrogen) atoms. The molecule has 0 fully saturated rings. The van der Waals surface area contributed by atoms with E-state index in [0.29, 0.717) is 13.1 Å². The van der Waals surface area contributed by atoms with Gasteiger partial charge in [-0.05, 0) is 29.6 Å². The van der Waals surface area contributed by atoms with E-state index in [0.717, 1.165) is 27.2 Å². The summed E-state index contributed by atoms with van der Waals surface area (Å²) in [7, 11) is 1.64. The molecule has 2 heterocycles. The number of ether oxygens (including phenoxy) is 1. The van der Waals surface area contributed by atoms with Gasteiger partial charge in [0.2, 0.25) is 5.91 Å². The molecule has 0 radical (unpaired) electrons. The first kappa shape index (κ1) is 18.2. The van der Waals surface area contributed by atoms with E-state index in [1.807, 2.05) is 70.9 Å². The standard InChI is InChI=1S/C21H20N4O2S/c1-27-20-11-5-2-7-16(20)13-24(14-17-8-6-12-28-17)21(26)15-25-19-10-4-3-9-18(19)22-23-25/h2-12H,13-15H2,1H3. The topological polar surface area (TPSA) is 60.2 Å². The third kappa shape index (κ3) is 3.89. The Hall–Kier alpha value is -3.19. The van der Waals surface area contributed by atoms with Gasteiger partial charge in [0.25, 0.3) is 0 Å². The van der Waals surface area contributed by atoms with Crippen molar-refractivity contribution in [3.05, 3.63) is 76.5 Å². The SMILES string of the molecule is COc1ccccc1CN(Cc1cccs1)C(=O)Cn1nnc2ccccc21. The second-order valence-corrected chi connectivity index (χ2v) is 7.41. The number of rotatable bonds is 7. The third-order valence-corrected chi connectivity index (χ3v) is 5.40. The number of benzene rings is 2. The molecule has 0 spiro atoms. The number of hydrogen-bond acceptors (Lipinski definition) is 5. The molecule has 1 amide bonds. The molecule has 2 aromatic carbocycles. The summed E-state index contributed by atoms with van der Waals surface area (Å²) >= 11 is 1.64. The fourth-order valence-corrected chi connectivity index (χ4v) is 3.84. The van der Waals surface area contributed by atoms with Gasteiger partial charge in [0.05, 0.1) is 19.2 Å². The largest absolute Gasteiger partial charge is 0.496 e. The Kier molecular flexibility index (Phi) is 5.34. The van der Waals surface area contributed by atoms with Gasteiger partial charge in [0, 0.05) is 17.0 Å². The highest BCUT2D eigenvalue weighted by Crippen LogP contribution is 2.22. The molecule has 7 heteroatoms. The Labute approximate surface area is 167 Å². The second kappa shape index (κ2) is 8.22. The zero-order chi connectivity index (χ0) is 19.3. The highest BCUT2D eigenvalue weighted by Gasteiger charge is 2.19. The van der Waals surface area contributed by atoms with E-state index in [9.17, 15) is 4.79 Å². The molecule has 0 aliphatic carbocycles. The molecule has 142 valence electrons. The minimum absolute atomic E-state index is 0.0186. The van der Waals surface area contributed by atoms with Crippen LogP contribution in [0.3, 0.4) is 0 Å². The van der Waals surface area contributed by atoms with Gasteiger partial charge in [0.1, 0.15) is 17.8 Å². The molecular weight excluding hydrogens is 372 g/mol. The van der Waals surface area contributed by atoms with E-state index in [4.69, 9.17) is 4.74 Å². The van der Waals surface area contributed by atoms with Crippen LogP contribution >= 0.6 is 11.3 Å². The van der Waals surface area contributed by atoms with Crippen LogP contribution in [0.4, 0.5) is 0 Å². The average Bonchev–Trinajstić information content (AvgIpc) is 3.38. The summed E-state index contributed by atoms with van der Waals surface area (Å²) in [5.74, 6) is 0.757. The number of fused-ring (bicyclic) bond motifs is 1. The highest BCUT2D eigenvalue weighted by molar-refractivity contribution is 7.09. The Morgan fingerprint density at radius 1 is 1.07 bits per heavy atom. The molecule has 2 aromatic heterocycles. The van der Waals surface area contributed by atoms with Crippen molar-refractivity contribution in [2.75, 3.05) is 7.11 Å². The maximum atomic E-state index is 13.2. The second-order valence-electron chi connectivity index (χ2n) is 6.38. The third-order valence-electron chi connectivity index (χ3n) is 4.54. The number of methoxy groups -OCH3 is 1. The summed E-state index contributed by atoms with van der Waals surface area (Å²) in [5, 5.41) is 10.3. The molecule has 0 saturated heterocycles. The van der Waals surface area contributed by atoms with Crippen LogP contribution in [0, 0.1) is 0 Å². The van der Waals surface area contributed by atoms with Crippen molar-refractivity contribution in [1.82, 2.24) is 19.9 Å². The van der Waals surface area contributed by atoms with Crippen molar-refractivity contribution in [1.29, 1.82) is 0 Å². The van der Waals surface area contributed by atoms with E-state index < -0.39 is 0 Å². The molecule has 4 rings (SSSR count). The first-order valence-electron chi connectivity index (χ1n) is 8.95. The molecule has 0 unspecified atom stereocenters. The first-order chi connectivity index (χ1) is 13.7. The summed E-state index contributed by atoms with van der Waals surface area (Å²) in [6.07, 6.45) is 0. The number of nitrogens with zero attached hydrogens (tertiary/aromatic N) is 4. The lowest BCUT2D eigenvalue weighted by atomic mass is 10.2. The van der Waals surface area contributed by atoms with E-state index in [1.54, 1.807) is 23.1 Å². The maximum Gasteiger partial charge on any atom is 0.245 e. The van der Waals surface area contributed by atoms with Crippen molar-refractivity contribution >= 4 is 28.3 Å². The van der Waals surface area contributed by atoms with Gasteiger partial charge in [-0.3, -0.25) is 4.79 Å². The normalized spacial score (nSPS) is 10.9. The lowest BCUT2D eigenvalue weighted by Gasteiger charge is -2.23. The number of carbonyl (C=O) groups is 1. The molecular formula is C21H20N4O2S. The predicted octanol–water partition coefficient (Wildman–Crippen LogP) is 3.73. The lowest BCUT2D eigenvalue weighted by Crippen LogP contribution is -2.33. The van der Waals surface area contributed by atoms with Crippen molar-refractivity contribution in [3.8, 4) is 5.75 Å². The van der Waals surface area contributed by atoms with Crippen LogP contribution < -0.4 is 4.74 Å². The molecule has 0 N–H and O–H groups in total. The van der Waals surface area contributed by atoms with Crippen LogP contribution in [0.15, 0.2) is 66.0 Å². The van der Waals surface area contributed by atoms with Gasteiger partial charge in [0.15, 0.2) is 0 Å². The monoisotopic (exact) mass is 392 g/mol. The Morgan fingerprint density at radius 2 is 1.89 bits per heavy atom. The average molecular weight is 392 g/mol. The minimum atomic E-state index is -0.0186. The smallest absolute Gasteiger partial charge is 0.245 e. The zero-order valence-corrected chi connectivity index (χ0v) is 16.3. The Morgan fingerprint density at radius 3 is 2.71 bits per heavy atom. The molecule has 0 saturated carbocycles. The fraction of sp³-hybridized carbons (Fsp3) is 0.190. The Balaban J connectivity index is 1.59. The highest BCUT2D eigenvalue weighted by atomic mass is 32.1. The Bertz CT molecular complexity index is 1070. The van der Waals surface area contributed by atoms with Crippen LogP contribution in [0.5, 0.6) is 5.75 Å². The number of thiophene rings is 1. The van der Waals surface area contributed by atoms with Crippen LogP contribution in [0.1, 0.15) is 10.4 Å².